The molecule has 206 valence electrons. The van der Waals surface area contributed by atoms with E-state index < -0.39 is 0 Å². The zero-order valence-corrected chi connectivity index (χ0v) is 28.7. The zero-order valence-electron chi connectivity index (χ0n) is 22.2. The number of nitrogens with zero attached hydrogens (tertiary/aromatic N) is 5. The highest BCUT2D eigenvalue weighted by Crippen LogP contribution is 2.31. The van der Waals surface area contributed by atoms with Crippen molar-refractivity contribution in [1.82, 2.24) is 14.4 Å². The number of alkyl halides is 3. The summed E-state index contributed by atoms with van der Waals surface area (Å²) in [6, 6.07) is 14.5. The fraction of sp³-hybridized carbons (Fsp3) is 0.414. The predicted molar refractivity (Wildman–Crippen MR) is 184 cm³/mol. The summed E-state index contributed by atoms with van der Waals surface area (Å²) in [5.74, 6) is 0.0367. The first-order valence-corrected chi connectivity index (χ1v) is 17.5. The first-order valence-electron chi connectivity index (χ1n) is 12.9. The molecule has 1 amide bonds. The van der Waals surface area contributed by atoms with Crippen molar-refractivity contribution in [1.29, 1.82) is 5.26 Å². The summed E-state index contributed by atoms with van der Waals surface area (Å²) in [6.45, 7) is 3.63. The van der Waals surface area contributed by atoms with Crippen molar-refractivity contribution in [3.63, 3.8) is 0 Å². The number of anilines is 1. The smallest absolute Gasteiger partial charge is 0.271 e. The third-order valence-corrected chi connectivity index (χ3v) is 9.70. The maximum Gasteiger partial charge on any atom is 0.271 e. The van der Waals surface area contributed by atoms with E-state index in [2.05, 4.69) is 102 Å². The molecule has 7 nitrogen and oxygen atoms in total. The minimum absolute atomic E-state index is 0.0367. The molecule has 0 N–H and O–H groups in total. The lowest BCUT2D eigenvalue weighted by Gasteiger charge is -2.37. The van der Waals surface area contributed by atoms with Crippen LogP contribution in [0.2, 0.25) is 0 Å². The Kier molecular flexibility index (Phi) is 10.9. The SMILES string of the molecule is CN(C)CCCn1c(=O)c(C#N)c(N2CCN(C(=O)c3ccc(CI)c(CI)c3)CC2)c2cc(CI)ccc21. The van der Waals surface area contributed by atoms with Crippen LogP contribution >= 0.6 is 67.8 Å². The number of aryl methyl sites for hydroxylation is 1. The Balaban J connectivity index is 1.65. The lowest BCUT2D eigenvalue weighted by atomic mass is 10.0. The van der Waals surface area contributed by atoms with Crippen LogP contribution in [0.3, 0.4) is 0 Å². The highest BCUT2D eigenvalue weighted by atomic mass is 127. The molecule has 2 heterocycles. The van der Waals surface area contributed by atoms with Crippen molar-refractivity contribution in [3.05, 3.63) is 74.6 Å². The van der Waals surface area contributed by atoms with E-state index in [9.17, 15) is 14.9 Å². The van der Waals surface area contributed by atoms with E-state index >= 15 is 0 Å². The van der Waals surface area contributed by atoms with E-state index in [-0.39, 0.29) is 17.0 Å². The summed E-state index contributed by atoms with van der Waals surface area (Å²) in [7, 11) is 4.04. The number of piperazine rings is 1. The average Bonchev–Trinajstić information content (AvgIpc) is 2.96. The average molecular weight is 863 g/mol. The summed E-state index contributed by atoms with van der Waals surface area (Å²) < 4.78 is 4.40. The number of carbonyl (C=O) groups is 1. The number of halogens is 3. The van der Waals surface area contributed by atoms with Crippen molar-refractivity contribution in [2.75, 3.05) is 51.7 Å². The van der Waals surface area contributed by atoms with Crippen molar-refractivity contribution in [2.45, 2.75) is 26.2 Å². The van der Waals surface area contributed by atoms with E-state index in [0.29, 0.717) is 38.4 Å². The van der Waals surface area contributed by atoms with Gasteiger partial charge >= 0.3 is 0 Å². The Bertz CT molecular complexity index is 1460. The summed E-state index contributed by atoms with van der Waals surface area (Å²) >= 11 is 7.05. The number of aromatic nitrogens is 1. The Labute approximate surface area is 270 Å². The minimum Gasteiger partial charge on any atom is -0.366 e. The summed E-state index contributed by atoms with van der Waals surface area (Å²) in [5.41, 5.74) is 5.88. The van der Waals surface area contributed by atoms with Gasteiger partial charge in [0.1, 0.15) is 11.6 Å². The number of carbonyl (C=O) groups excluding carboxylic acids is 1. The number of fused-ring (bicyclic) bond motifs is 1. The molecule has 0 atom stereocenters. The van der Waals surface area contributed by atoms with Gasteiger partial charge in [-0.25, -0.2) is 0 Å². The van der Waals surface area contributed by atoms with Gasteiger partial charge in [0, 0.05) is 57.0 Å². The molecule has 0 saturated carbocycles. The minimum atomic E-state index is -0.235. The second kappa shape index (κ2) is 14.0. The molecule has 4 rings (SSSR count). The molecule has 1 aromatic heterocycles. The van der Waals surface area contributed by atoms with Crippen LogP contribution < -0.4 is 10.5 Å². The maximum atomic E-state index is 13.6. The summed E-state index contributed by atoms with van der Waals surface area (Å²) in [4.78, 5) is 33.1. The summed E-state index contributed by atoms with van der Waals surface area (Å²) in [5, 5.41) is 11.1. The van der Waals surface area contributed by atoms with Crippen molar-refractivity contribution in [3.8, 4) is 6.07 Å². The number of hydrogen-bond donors (Lipinski definition) is 0. The molecule has 0 unspecified atom stereocenters. The van der Waals surface area contributed by atoms with Gasteiger partial charge in [0.15, 0.2) is 0 Å². The van der Waals surface area contributed by atoms with E-state index in [0.717, 1.165) is 48.3 Å². The third-order valence-electron chi connectivity index (χ3n) is 7.18. The first-order chi connectivity index (χ1) is 18.8. The van der Waals surface area contributed by atoms with Gasteiger partial charge in [-0.15, -0.1) is 0 Å². The number of amides is 1. The number of hydrogen-bond acceptors (Lipinski definition) is 5. The Morgan fingerprint density at radius 2 is 1.69 bits per heavy atom. The lowest BCUT2D eigenvalue weighted by Crippen LogP contribution is -2.49. The van der Waals surface area contributed by atoms with Gasteiger partial charge in [-0.05, 0) is 68.0 Å². The van der Waals surface area contributed by atoms with Crippen LogP contribution in [0.4, 0.5) is 5.69 Å². The number of rotatable bonds is 9. The molecular formula is C29H32I3N5O2. The van der Waals surface area contributed by atoms with E-state index in [4.69, 9.17) is 0 Å². The molecule has 1 saturated heterocycles. The van der Waals surface area contributed by atoms with E-state index in [1.54, 1.807) is 4.57 Å². The van der Waals surface area contributed by atoms with Gasteiger partial charge < -0.3 is 19.3 Å². The molecule has 0 spiro atoms. The maximum absolute atomic E-state index is 13.6. The molecule has 0 radical (unpaired) electrons. The van der Waals surface area contributed by atoms with Crippen LogP contribution in [-0.2, 0) is 19.8 Å². The fourth-order valence-corrected chi connectivity index (χ4v) is 7.03. The van der Waals surface area contributed by atoms with Gasteiger partial charge in [-0.2, -0.15) is 5.26 Å². The van der Waals surface area contributed by atoms with Gasteiger partial charge in [0.25, 0.3) is 11.5 Å². The monoisotopic (exact) mass is 863 g/mol. The highest BCUT2D eigenvalue weighted by Gasteiger charge is 2.27. The summed E-state index contributed by atoms with van der Waals surface area (Å²) in [6.07, 6.45) is 0.819. The van der Waals surface area contributed by atoms with Gasteiger partial charge in [-0.3, -0.25) is 9.59 Å². The van der Waals surface area contributed by atoms with Crippen LogP contribution in [0.25, 0.3) is 10.9 Å². The molecular weight excluding hydrogens is 831 g/mol. The van der Waals surface area contributed by atoms with Gasteiger partial charge in [-0.1, -0.05) is 79.9 Å². The molecule has 1 aliphatic rings. The van der Waals surface area contributed by atoms with Crippen LogP contribution in [0.15, 0.2) is 41.2 Å². The molecule has 39 heavy (non-hydrogen) atoms. The van der Waals surface area contributed by atoms with Crippen LogP contribution in [0, 0.1) is 11.3 Å². The Hall–Kier alpha value is -1.44. The fourth-order valence-electron chi connectivity index (χ4n) is 5.10. The lowest BCUT2D eigenvalue weighted by molar-refractivity contribution is 0.0746. The Morgan fingerprint density at radius 1 is 0.974 bits per heavy atom. The highest BCUT2D eigenvalue weighted by molar-refractivity contribution is 14.1. The zero-order chi connectivity index (χ0) is 28.1. The van der Waals surface area contributed by atoms with Crippen LogP contribution in [0.1, 0.15) is 39.0 Å². The number of pyridine rings is 1. The second-order valence-corrected chi connectivity index (χ2v) is 12.3. The first kappa shape index (κ1) is 30.5. The predicted octanol–water partition coefficient (Wildman–Crippen LogP) is 5.59. The Morgan fingerprint density at radius 3 is 2.31 bits per heavy atom. The molecule has 0 aliphatic carbocycles. The molecule has 3 aromatic rings. The van der Waals surface area contributed by atoms with E-state index in [1.165, 1.54) is 11.1 Å². The van der Waals surface area contributed by atoms with Crippen LogP contribution in [0.5, 0.6) is 0 Å². The van der Waals surface area contributed by atoms with Crippen molar-refractivity contribution in [2.24, 2.45) is 0 Å². The molecule has 1 aliphatic heterocycles. The van der Waals surface area contributed by atoms with Crippen molar-refractivity contribution < 1.29 is 4.79 Å². The molecule has 10 heteroatoms. The topological polar surface area (TPSA) is 72.6 Å². The molecule has 2 aromatic carbocycles. The van der Waals surface area contributed by atoms with Gasteiger partial charge in [0.2, 0.25) is 0 Å². The molecule has 0 bridgehead atoms. The number of benzene rings is 2. The largest absolute Gasteiger partial charge is 0.366 e. The van der Waals surface area contributed by atoms with Crippen LogP contribution in [-0.4, -0.2) is 67.1 Å². The van der Waals surface area contributed by atoms with Crippen molar-refractivity contribution >= 4 is 90.3 Å². The standard InChI is InChI=1S/C29H32I3N5O2/c1-34(2)8-3-9-37-26-7-4-20(16-30)14-24(26)27(25(19-33)29(37)39)35-10-12-36(13-11-35)28(38)21-5-6-22(17-31)23(15-21)18-32/h4-7,14-15H,3,8-13,16-18H2,1-2H3. The molecule has 1 fully saturated rings. The normalized spacial score (nSPS) is 13.8. The quantitative estimate of drug-likeness (QED) is 0.208. The van der Waals surface area contributed by atoms with Gasteiger partial charge in [0.05, 0.1) is 11.2 Å². The van der Waals surface area contributed by atoms with E-state index in [1.807, 2.05) is 37.2 Å². The second-order valence-electron chi connectivity index (χ2n) is 9.96. The third kappa shape index (κ3) is 6.73. The number of nitriles is 1.